The highest BCUT2D eigenvalue weighted by Gasteiger charge is 2.30. The second kappa shape index (κ2) is 6.55. The minimum atomic E-state index is -0.343. The molecule has 0 spiro atoms. The second-order valence-corrected chi connectivity index (χ2v) is 5.47. The third kappa shape index (κ3) is 4.35. The van der Waals surface area contributed by atoms with E-state index in [0.717, 1.165) is 12.8 Å². The maximum Gasteiger partial charge on any atom is 0.242 e. The molecule has 0 atom stereocenters. The lowest BCUT2D eigenvalue weighted by Gasteiger charge is -2.05. The SMILES string of the molecule is O=C(Cn1cc(NC(=O)C2CC2)nn1)NCc1cccc(F)c1. The number of nitrogens with zero attached hydrogens (tertiary/aromatic N) is 3. The molecule has 1 aromatic carbocycles. The molecule has 0 unspecified atom stereocenters. The van der Waals surface area contributed by atoms with Crippen LogP contribution in [0.5, 0.6) is 0 Å². The Balaban J connectivity index is 1.47. The summed E-state index contributed by atoms with van der Waals surface area (Å²) in [6.45, 7) is 0.207. The topological polar surface area (TPSA) is 88.9 Å². The maximum absolute atomic E-state index is 13.0. The molecule has 1 aliphatic carbocycles. The van der Waals surface area contributed by atoms with E-state index in [1.807, 2.05) is 0 Å². The van der Waals surface area contributed by atoms with Crippen molar-refractivity contribution < 1.29 is 14.0 Å². The van der Waals surface area contributed by atoms with E-state index in [0.29, 0.717) is 11.4 Å². The summed E-state index contributed by atoms with van der Waals surface area (Å²) < 4.78 is 14.4. The van der Waals surface area contributed by atoms with Crippen LogP contribution in [0.15, 0.2) is 30.5 Å². The van der Waals surface area contributed by atoms with Gasteiger partial charge in [0.1, 0.15) is 12.4 Å². The van der Waals surface area contributed by atoms with Gasteiger partial charge in [-0.3, -0.25) is 9.59 Å². The molecular formula is C15H16FN5O2. The molecule has 23 heavy (non-hydrogen) atoms. The van der Waals surface area contributed by atoms with Gasteiger partial charge in [0.2, 0.25) is 11.8 Å². The number of halogens is 1. The molecule has 3 rings (SSSR count). The van der Waals surface area contributed by atoms with E-state index in [1.54, 1.807) is 12.1 Å². The van der Waals surface area contributed by atoms with E-state index in [1.165, 1.54) is 23.0 Å². The molecule has 120 valence electrons. The average Bonchev–Trinajstić information content (AvgIpc) is 3.28. The molecule has 0 bridgehead atoms. The zero-order valence-electron chi connectivity index (χ0n) is 12.3. The van der Waals surface area contributed by atoms with Crippen molar-refractivity contribution in [1.29, 1.82) is 0 Å². The third-order valence-electron chi connectivity index (χ3n) is 3.42. The molecular weight excluding hydrogens is 301 g/mol. The fourth-order valence-corrected chi connectivity index (χ4v) is 2.06. The lowest BCUT2D eigenvalue weighted by molar-refractivity contribution is -0.122. The standard InChI is InChI=1S/C15H16FN5O2/c16-12-3-1-2-10(6-12)7-17-14(22)9-21-8-13(19-20-21)18-15(23)11-4-5-11/h1-3,6,8,11H,4-5,7,9H2,(H,17,22)(H,18,23). The molecule has 1 saturated carbocycles. The average molecular weight is 317 g/mol. The lowest BCUT2D eigenvalue weighted by Crippen LogP contribution is -2.27. The molecule has 0 aliphatic heterocycles. The molecule has 8 heteroatoms. The van der Waals surface area contributed by atoms with Crippen LogP contribution >= 0.6 is 0 Å². The first-order valence-electron chi connectivity index (χ1n) is 7.32. The molecule has 0 radical (unpaired) electrons. The highest BCUT2D eigenvalue weighted by molar-refractivity contribution is 5.93. The summed E-state index contributed by atoms with van der Waals surface area (Å²) >= 11 is 0. The Morgan fingerprint density at radius 3 is 2.91 bits per heavy atom. The van der Waals surface area contributed by atoms with Crippen molar-refractivity contribution in [3.8, 4) is 0 Å². The summed E-state index contributed by atoms with van der Waals surface area (Å²) in [6, 6.07) is 6.02. The van der Waals surface area contributed by atoms with Crippen molar-refractivity contribution >= 4 is 17.6 Å². The number of carbonyl (C=O) groups is 2. The minimum Gasteiger partial charge on any atom is -0.350 e. The molecule has 1 aromatic heterocycles. The number of benzene rings is 1. The molecule has 1 aliphatic rings. The smallest absolute Gasteiger partial charge is 0.242 e. The normalized spacial score (nSPS) is 13.6. The van der Waals surface area contributed by atoms with Crippen molar-refractivity contribution in [2.24, 2.45) is 5.92 Å². The van der Waals surface area contributed by atoms with Crippen LogP contribution in [0.1, 0.15) is 18.4 Å². The Bertz CT molecular complexity index is 726. The minimum absolute atomic E-state index is 0.0262. The Hall–Kier alpha value is -2.77. The Kier molecular flexibility index (Phi) is 4.31. The highest BCUT2D eigenvalue weighted by atomic mass is 19.1. The molecule has 2 aromatic rings. The lowest BCUT2D eigenvalue weighted by atomic mass is 10.2. The van der Waals surface area contributed by atoms with E-state index in [4.69, 9.17) is 0 Å². The summed E-state index contributed by atoms with van der Waals surface area (Å²) in [5, 5.41) is 12.9. The summed E-state index contributed by atoms with van der Waals surface area (Å²) in [5.74, 6) is -0.273. The Morgan fingerprint density at radius 2 is 2.17 bits per heavy atom. The van der Waals surface area contributed by atoms with Gasteiger partial charge in [-0.2, -0.15) is 0 Å². The van der Waals surface area contributed by atoms with Gasteiger partial charge in [-0.15, -0.1) is 5.10 Å². The first-order valence-corrected chi connectivity index (χ1v) is 7.32. The van der Waals surface area contributed by atoms with Crippen LogP contribution in [0.4, 0.5) is 10.2 Å². The van der Waals surface area contributed by atoms with Crippen LogP contribution < -0.4 is 10.6 Å². The zero-order chi connectivity index (χ0) is 16.2. The van der Waals surface area contributed by atoms with Gasteiger partial charge >= 0.3 is 0 Å². The zero-order valence-corrected chi connectivity index (χ0v) is 12.3. The van der Waals surface area contributed by atoms with Crippen molar-refractivity contribution in [2.75, 3.05) is 5.32 Å². The van der Waals surface area contributed by atoms with Crippen LogP contribution in [0, 0.1) is 11.7 Å². The van der Waals surface area contributed by atoms with Crippen molar-refractivity contribution in [3.63, 3.8) is 0 Å². The van der Waals surface area contributed by atoms with E-state index >= 15 is 0 Å². The predicted molar refractivity (Wildman–Crippen MR) is 79.6 cm³/mol. The van der Waals surface area contributed by atoms with Crippen LogP contribution in [0.25, 0.3) is 0 Å². The summed E-state index contributed by atoms with van der Waals surface area (Å²) in [5.41, 5.74) is 0.675. The Morgan fingerprint density at radius 1 is 1.35 bits per heavy atom. The molecule has 1 heterocycles. The van der Waals surface area contributed by atoms with Gasteiger partial charge < -0.3 is 10.6 Å². The van der Waals surface area contributed by atoms with Gasteiger partial charge in [0.15, 0.2) is 5.82 Å². The van der Waals surface area contributed by atoms with Gasteiger partial charge in [0.25, 0.3) is 0 Å². The maximum atomic E-state index is 13.0. The van der Waals surface area contributed by atoms with Crippen molar-refractivity contribution in [1.82, 2.24) is 20.3 Å². The monoisotopic (exact) mass is 317 g/mol. The summed E-state index contributed by atoms with van der Waals surface area (Å²) in [7, 11) is 0. The van der Waals surface area contributed by atoms with Crippen LogP contribution in [0.2, 0.25) is 0 Å². The number of carbonyl (C=O) groups excluding carboxylic acids is 2. The fraction of sp³-hybridized carbons (Fsp3) is 0.333. The van der Waals surface area contributed by atoms with Gasteiger partial charge in [0.05, 0.1) is 6.20 Å². The van der Waals surface area contributed by atoms with E-state index in [-0.39, 0.29) is 36.6 Å². The van der Waals surface area contributed by atoms with Crippen LogP contribution in [0.3, 0.4) is 0 Å². The first-order chi connectivity index (χ1) is 11.1. The summed E-state index contributed by atoms with van der Waals surface area (Å²) in [4.78, 5) is 23.4. The van der Waals surface area contributed by atoms with Gasteiger partial charge in [0, 0.05) is 12.5 Å². The van der Waals surface area contributed by atoms with Crippen molar-refractivity contribution in [3.05, 3.63) is 41.8 Å². The quantitative estimate of drug-likeness (QED) is 0.834. The summed E-state index contributed by atoms with van der Waals surface area (Å²) in [6.07, 6.45) is 3.31. The van der Waals surface area contributed by atoms with Gasteiger partial charge in [-0.1, -0.05) is 17.3 Å². The molecule has 0 saturated heterocycles. The molecule has 2 amide bonds. The largest absolute Gasteiger partial charge is 0.350 e. The number of rotatable bonds is 6. The van der Waals surface area contributed by atoms with E-state index in [2.05, 4.69) is 20.9 Å². The van der Waals surface area contributed by atoms with Gasteiger partial charge in [-0.25, -0.2) is 9.07 Å². The fourth-order valence-electron chi connectivity index (χ4n) is 2.06. The van der Waals surface area contributed by atoms with Crippen LogP contribution in [-0.2, 0) is 22.7 Å². The van der Waals surface area contributed by atoms with E-state index in [9.17, 15) is 14.0 Å². The molecule has 1 fully saturated rings. The molecule has 2 N–H and O–H groups in total. The predicted octanol–water partition coefficient (Wildman–Crippen LogP) is 1.08. The first kappa shape index (κ1) is 15.1. The Labute approximate surface area is 131 Å². The van der Waals surface area contributed by atoms with Crippen molar-refractivity contribution in [2.45, 2.75) is 25.9 Å². The second-order valence-electron chi connectivity index (χ2n) is 5.47. The highest BCUT2D eigenvalue weighted by Crippen LogP contribution is 2.29. The number of nitrogens with one attached hydrogen (secondary N) is 2. The molecule has 7 nitrogen and oxygen atoms in total. The number of amides is 2. The number of hydrogen-bond donors (Lipinski definition) is 2. The van der Waals surface area contributed by atoms with E-state index < -0.39 is 0 Å². The number of anilines is 1. The van der Waals surface area contributed by atoms with Crippen LogP contribution in [-0.4, -0.2) is 26.8 Å². The third-order valence-corrected chi connectivity index (χ3v) is 3.42. The number of aromatic nitrogens is 3. The van der Waals surface area contributed by atoms with Gasteiger partial charge in [-0.05, 0) is 30.5 Å². The number of hydrogen-bond acceptors (Lipinski definition) is 4.